The number of aryl methyl sites for hydroxylation is 1. The first kappa shape index (κ1) is 19.2. The number of halogens is 1. The Morgan fingerprint density at radius 2 is 1.81 bits per heavy atom. The summed E-state index contributed by atoms with van der Waals surface area (Å²) in [7, 11) is 2.80. The fourth-order valence-electron chi connectivity index (χ4n) is 2.41. The quantitative estimate of drug-likeness (QED) is 0.777. The maximum Gasteiger partial charge on any atom is 0.328 e. The number of urea groups is 1. The third kappa shape index (κ3) is 5.20. The number of carbonyl (C=O) groups is 2. The van der Waals surface area contributed by atoms with Crippen LogP contribution in [0, 0.1) is 12.7 Å². The molecule has 7 heteroatoms. The van der Waals surface area contributed by atoms with Crippen molar-refractivity contribution in [2.45, 2.75) is 19.4 Å². The maximum atomic E-state index is 13.0. The summed E-state index contributed by atoms with van der Waals surface area (Å²) in [6.45, 7) is 1.83. The predicted octanol–water partition coefficient (Wildman–Crippen LogP) is 3.05. The number of anilines is 1. The van der Waals surface area contributed by atoms with Gasteiger partial charge < -0.3 is 20.1 Å². The molecule has 0 aliphatic heterocycles. The molecule has 1 atom stereocenters. The highest BCUT2D eigenvalue weighted by Crippen LogP contribution is 2.21. The van der Waals surface area contributed by atoms with Crippen molar-refractivity contribution >= 4 is 17.7 Å². The fraction of sp³-hybridized carbons (Fsp3) is 0.263. The van der Waals surface area contributed by atoms with E-state index < -0.39 is 18.0 Å². The van der Waals surface area contributed by atoms with Crippen molar-refractivity contribution in [3.8, 4) is 5.75 Å². The average Bonchev–Trinajstić information content (AvgIpc) is 2.63. The molecule has 26 heavy (non-hydrogen) atoms. The molecule has 0 bridgehead atoms. The zero-order valence-corrected chi connectivity index (χ0v) is 14.8. The summed E-state index contributed by atoms with van der Waals surface area (Å²) in [6.07, 6.45) is 0.183. The van der Waals surface area contributed by atoms with Crippen LogP contribution in [0.4, 0.5) is 14.9 Å². The Bertz CT molecular complexity index is 778. The summed E-state index contributed by atoms with van der Waals surface area (Å²) in [5.41, 5.74) is 2.10. The number of esters is 1. The minimum absolute atomic E-state index is 0.183. The van der Waals surface area contributed by atoms with Crippen LogP contribution in [0.3, 0.4) is 0 Å². The van der Waals surface area contributed by atoms with E-state index >= 15 is 0 Å². The SMILES string of the molecule is COC(=O)C(Cc1ccc(F)cc1)NC(=O)Nc1ccc(OC)cc1C. The molecular weight excluding hydrogens is 339 g/mol. The van der Waals surface area contributed by atoms with Crippen LogP contribution in [-0.2, 0) is 16.0 Å². The summed E-state index contributed by atoms with van der Waals surface area (Å²) in [5.74, 6) is -0.280. The summed E-state index contributed by atoms with van der Waals surface area (Å²) in [5, 5.41) is 5.28. The molecule has 0 fully saturated rings. The van der Waals surface area contributed by atoms with Gasteiger partial charge >= 0.3 is 12.0 Å². The molecular formula is C19H21FN2O4. The van der Waals surface area contributed by atoms with Gasteiger partial charge in [-0.1, -0.05) is 12.1 Å². The predicted molar refractivity (Wildman–Crippen MR) is 95.8 cm³/mol. The van der Waals surface area contributed by atoms with E-state index in [0.717, 1.165) is 5.56 Å². The molecule has 2 rings (SSSR count). The maximum absolute atomic E-state index is 13.0. The first-order valence-corrected chi connectivity index (χ1v) is 7.97. The van der Waals surface area contributed by atoms with Crippen LogP contribution in [0.15, 0.2) is 42.5 Å². The van der Waals surface area contributed by atoms with Crippen LogP contribution >= 0.6 is 0 Å². The summed E-state index contributed by atoms with van der Waals surface area (Å²) >= 11 is 0. The summed E-state index contributed by atoms with van der Waals surface area (Å²) in [4.78, 5) is 24.2. The molecule has 2 aromatic rings. The first-order chi connectivity index (χ1) is 12.4. The smallest absolute Gasteiger partial charge is 0.328 e. The van der Waals surface area contributed by atoms with Gasteiger partial charge in [-0.25, -0.2) is 14.0 Å². The monoisotopic (exact) mass is 360 g/mol. The van der Waals surface area contributed by atoms with E-state index in [1.165, 1.54) is 19.2 Å². The zero-order valence-electron chi connectivity index (χ0n) is 14.8. The minimum atomic E-state index is -0.899. The van der Waals surface area contributed by atoms with Crippen molar-refractivity contribution in [3.05, 3.63) is 59.4 Å². The lowest BCUT2D eigenvalue weighted by Gasteiger charge is -2.18. The molecule has 2 N–H and O–H groups in total. The third-order valence-corrected chi connectivity index (χ3v) is 3.83. The molecule has 0 heterocycles. The lowest BCUT2D eigenvalue weighted by Crippen LogP contribution is -2.45. The van der Waals surface area contributed by atoms with Gasteiger partial charge in [0.25, 0.3) is 0 Å². The number of methoxy groups -OCH3 is 2. The highest BCUT2D eigenvalue weighted by atomic mass is 19.1. The Balaban J connectivity index is 2.06. The molecule has 0 aliphatic rings. The van der Waals surface area contributed by atoms with Crippen molar-refractivity contribution in [3.63, 3.8) is 0 Å². The highest BCUT2D eigenvalue weighted by Gasteiger charge is 2.22. The number of rotatable bonds is 6. The molecule has 6 nitrogen and oxygen atoms in total. The van der Waals surface area contributed by atoms with E-state index in [-0.39, 0.29) is 12.2 Å². The number of benzene rings is 2. The van der Waals surface area contributed by atoms with Crippen LogP contribution in [0.25, 0.3) is 0 Å². The summed E-state index contributed by atoms with van der Waals surface area (Å²) < 4.78 is 22.9. The van der Waals surface area contributed by atoms with Gasteiger partial charge in [-0.05, 0) is 48.4 Å². The molecule has 2 aromatic carbocycles. The van der Waals surface area contributed by atoms with Crippen LogP contribution in [0.5, 0.6) is 5.75 Å². The number of ether oxygens (including phenoxy) is 2. The second-order valence-electron chi connectivity index (χ2n) is 5.69. The van der Waals surface area contributed by atoms with Crippen molar-refractivity contribution in [1.29, 1.82) is 0 Å². The number of hydrogen-bond acceptors (Lipinski definition) is 4. The molecule has 0 aromatic heterocycles. The van der Waals surface area contributed by atoms with Gasteiger partial charge in [0.1, 0.15) is 17.6 Å². The van der Waals surface area contributed by atoms with E-state index in [1.807, 2.05) is 6.92 Å². The van der Waals surface area contributed by atoms with Crippen LogP contribution < -0.4 is 15.4 Å². The molecule has 1 unspecified atom stereocenters. The highest BCUT2D eigenvalue weighted by molar-refractivity contribution is 5.93. The Morgan fingerprint density at radius 3 is 2.38 bits per heavy atom. The molecule has 0 aliphatic carbocycles. The molecule has 0 saturated heterocycles. The van der Waals surface area contributed by atoms with Gasteiger partial charge in [-0.2, -0.15) is 0 Å². The largest absolute Gasteiger partial charge is 0.497 e. The Morgan fingerprint density at radius 1 is 1.12 bits per heavy atom. The van der Waals surface area contributed by atoms with E-state index in [9.17, 15) is 14.0 Å². The average molecular weight is 360 g/mol. The Kier molecular flexibility index (Phi) is 6.54. The zero-order chi connectivity index (χ0) is 19.1. The van der Waals surface area contributed by atoms with Crippen molar-refractivity contribution < 1.29 is 23.5 Å². The van der Waals surface area contributed by atoms with Gasteiger partial charge in [0.15, 0.2) is 0 Å². The van der Waals surface area contributed by atoms with Gasteiger partial charge in [0.05, 0.1) is 14.2 Å². The van der Waals surface area contributed by atoms with Crippen molar-refractivity contribution in [2.24, 2.45) is 0 Å². The Hall–Kier alpha value is -3.09. The molecule has 138 valence electrons. The molecule has 0 saturated carbocycles. The second kappa shape index (κ2) is 8.84. The molecule has 0 radical (unpaired) electrons. The molecule has 2 amide bonds. The summed E-state index contributed by atoms with van der Waals surface area (Å²) in [6, 6.07) is 9.47. The normalized spacial score (nSPS) is 11.4. The minimum Gasteiger partial charge on any atom is -0.497 e. The standard InChI is InChI=1S/C19H21FN2O4/c1-12-10-15(25-2)8-9-16(12)21-19(24)22-17(18(23)26-3)11-13-4-6-14(20)7-5-13/h4-10,17H,11H2,1-3H3,(H2,21,22,24). The van der Waals surface area contributed by atoms with Gasteiger partial charge in [-0.15, -0.1) is 0 Å². The van der Waals surface area contributed by atoms with E-state index in [0.29, 0.717) is 17.0 Å². The second-order valence-corrected chi connectivity index (χ2v) is 5.69. The van der Waals surface area contributed by atoms with Crippen molar-refractivity contribution in [1.82, 2.24) is 5.32 Å². The van der Waals surface area contributed by atoms with Gasteiger partial charge in [-0.3, -0.25) is 0 Å². The van der Waals surface area contributed by atoms with Gasteiger partial charge in [0.2, 0.25) is 0 Å². The number of hydrogen-bond donors (Lipinski definition) is 2. The fourth-order valence-corrected chi connectivity index (χ4v) is 2.41. The van der Waals surface area contributed by atoms with Gasteiger partial charge in [0, 0.05) is 12.1 Å². The lowest BCUT2D eigenvalue weighted by atomic mass is 10.1. The van der Waals surface area contributed by atoms with Crippen LogP contribution in [0.2, 0.25) is 0 Å². The van der Waals surface area contributed by atoms with Crippen LogP contribution in [-0.4, -0.2) is 32.3 Å². The third-order valence-electron chi connectivity index (χ3n) is 3.83. The number of nitrogens with one attached hydrogen (secondary N) is 2. The van der Waals surface area contributed by atoms with E-state index in [1.54, 1.807) is 37.4 Å². The van der Waals surface area contributed by atoms with E-state index in [4.69, 9.17) is 9.47 Å². The Labute approximate surface area is 151 Å². The first-order valence-electron chi connectivity index (χ1n) is 7.97. The number of carbonyl (C=O) groups excluding carboxylic acids is 2. The van der Waals surface area contributed by atoms with E-state index in [2.05, 4.69) is 10.6 Å². The van der Waals surface area contributed by atoms with Crippen LogP contribution in [0.1, 0.15) is 11.1 Å². The lowest BCUT2D eigenvalue weighted by molar-refractivity contribution is -0.142. The number of amides is 2. The topological polar surface area (TPSA) is 76.7 Å². The van der Waals surface area contributed by atoms with Crippen molar-refractivity contribution in [2.75, 3.05) is 19.5 Å². The molecule has 0 spiro atoms.